The van der Waals surface area contributed by atoms with Crippen molar-refractivity contribution < 1.29 is 84.0 Å². The summed E-state index contributed by atoms with van der Waals surface area (Å²) in [5.41, 5.74) is 0. The molecule has 0 aliphatic rings. The summed E-state index contributed by atoms with van der Waals surface area (Å²) in [4.78, 5) is 9.00. The number of rotatable bonds is 0. The standard InChI is InChI=1S/C2H4O2.3ClH.Lu/c1-2(3)4;;;;/h1H3,(H,3,4);3*1H;/q;;;;+3/p-3. The summed E-state index contributed by atoms with van der Waals surface area (Å²) < 4.78 is 0. The van der Waals surface area contributed by atoms with Crippen molar-refractivity contribution in [1.82, 2.24) is 0 Å². The molecule has 0 aromatic carbocycles. The van der Waals surface area contributed by atoms with Crippen molar-refractivity contribution in [2.45, 2.75) is 6.92 Å². The van der Waals surface area contributed by atoms with E-state index in [2.05, 4.69) is 0 Å². The second-order valence-corrected chi connectivity index (χ2v) is 0.519. The second kappa shape index (κ2) is 23.5. The molecule has 0 bridgehead atoms. The Morgan fingerprint density at radius 3 is 1.25 bits per heavy atom. The van der Waals surface area contributed by atoms with Gasteiger partial charge in [0.1, 0.15) is 0 Å². The van der Waals surface area contributed by atoms with Gasteiger partial charge in [0.15, 0.2) is 0 Å². The van der Waals surface area contributed by atoms with E-state index in [1.54, 1.807) is 0 Å². The fraction of sp³-hybridized carbons (Fsp3) is 0.500. The Balaban J connectivity index is -0.00000000750. The molecule has 0 amide bonds. The molecule has 0 heterocycles. The number of aliphatic carboxylic acids is 1. The van der Waals surface area contributed by atoms with E-state index < -0.39 is 5.97 Å². The first-order chi connectivity index (χ1) is 1.73. The maximum Gasteiger partial charge on any atom is 3.00 e. The van der Waals surface area contributed by atoms with Crippen LogP contribution in [-0.4, -0.2) is 11.1 Å². The van der Waals surface area contributed by atoms with E-state index in [1.807, 2.05) is 0 Å². The Morgan fingerprint density at radius 2 is 1.25 bits per heavy atom. The quantitative estimate of drug-likeness (QED) is 0.475. The van der Waals surface area contributed by atoms with Crippen LogP contribution < -0.4 is 37.2 Å². The Kier molecular flexibility index (Phi) is 98.9. The molecule has 0 saturated heterocycles. The van der Waals surface area contributed by atoms with E-state index in [1.165, 1.54) is 0 Å². The molecule has 0 fully saturated rings. The van der Waals surface area contributed by atoms with Crippen molar-refractivity contribution in [1.29, 1.82) is 0 Å². The van der Waals surface area contributed by atoms with Gasteiger partial charge in [0.2, 0.25) is 0 Å². The van der Waals surface area contributed by atoms with Gasteiger partial charge in [0, 0.05) is 6.92 Å². The summed E-state index contributed by atoms with van der Waals surface area (Å²) in [5.74, 6) is -0.833. The summed E-state index contributed by atoms with van der Waals surface area (Å²) >= 11 is 0. The largest absolute Gasteiger partial charge is 3.00 e. The molecule has 0 aromatic rings. The van der Waals surface area contributed by atoms with Gasteiger partial charge < -0.3 is 42.3 Å². The fourth-order valence-corrected chi connectivity index (χ4v) is 0. The SMILES string of the molecule is CC(=O)O.[Cl-].[Cl-].[Cl-].[Lu+3]. The summed E-state index contributed by atoms with van der Waals surface area (Å²) in [6, 6.07) is 0. The monoisotopic (exact) mass is 340 g/mol. The molecule has 0 unspecified atom stereocenters. The van der Waals surface area contributed by atoms with Gasteiger partial charge in [-0.15, -0.1) is 0 Å². The summed E-state index contributed by atoms with van der Waals surface area (Å²) in [6.45, 7) is 1.08. The third-order valence-corrected chi connectivity index (χ3v) is 0. The molecule has 0 spiro atoms. The van der Waals surface area contributed by atoms with Gasteiger partial charge in [-0.1, -0.05) is 0 Å². The molecule has 0 rings (SSSR count). The van der Waals surface area contributed by atoms with Gasteiger partial charge in [0.25, 0.3) is 5.97 Å². The Morgan fingerprint density at radius 1 is 1.25 bits per heavy atom. The number of carboxylic acid groups (broad SMARTS) is 1. The number of carboxylic acids is 1. The first-order valence-electron chi connectivity index (χ1n) is 0.928. The predicted molar refractivity (Wildman–Crippen MR) is 13.3 cm³/mol. The van der Waals surface area contributed by atoms with Crippen molar-refractivity contribution in [2.75, 3.05) is 0 Å². The molecule has 0 aliphatic heterocycles. The first kappa shape index (κ1) is 33.6. The van der Waals surface area contributed by atoms with Gasteiger partial charge in [-0.3, -0.25) is 4.79 Å². The number of carbonyl (C=O) groups is 1. The number of halogens is 3. The van der Waals surface area contributed by atoms with E-state index in [0.717, 1.165) is 6.92 Å². The first-order valence-corrected chi connectivity index (χ1v) is 0.928. The number of hydrogen-bond donors (Lipinski definition) is 1. The summed E-state index contributed by atoms with van der Waals surface area (Å²) in [7, 11) is 0. The Bertz CT molecular complexity index is 38.3. The van der Waals surface area contributed by atoms with Crippen LogP contribution in [0.4, 0.5) is 0 Å². The minimum Gasteiger partial charge on any atom is -1.00 e. The molecular weight excluding hydrogens is 337 g/mol. The van der Waals surface area contributed by atoms with Crippen molar-refractivity contribution in [3.05, 3.63) is 0 Å². The van der Waals surface area contributed by atoms with Crippen molar-refractivity contribution in [3.63, 3.8) is 0 Å². The Hall–Kier alpha value is 1.57. The average Bonchev–Trinajstić information content (AvgIpc) is 0.811. The van der Waals surface area contributed by atoms with Gasteiger partial charge in [-0.25, -0.2) is 0 Å². The van der Waals surface area contributed by atoms with Crippen molar-refractivity contribution in [2.24, 2.45) is 0 Å². The minimum absolute atomic E-state index is 0. The predicted octanol–water partition coefficient (Wildman–Crippen LogP) is -8.90. The van der Waals surface area contributed by atoms with Gasteiger partial charge in [-0.05, 0) is 0 Å². The molecule has 8 heavy (non-hydrogen) atoms. The van der Waals surface area contributed by atoms with E-state index in [9.17, 15) is 0 Å². The van der Waals surface area contributed by atoms with Crippen LogP contribution in [0.3, 0.4) is 0 Å². The van der Waals surface area contributed by atoms with Crippen LogP contribution in [0.25, 0.3) is 0 Å². The molecule has 2 nitrogen and oxygen atoms in total. The van der Waals surface area contributed by atoms with E-state index in [-0.39, 0.29) is 74.1 Å². The molecular formula is C2H4Cl3LuO2. The van der Waals surface area contributed by atoms with Crippen LogP contribution in [0.5, 0.6) is 0 Å². The van der Waals surface area contributed by atoms with Crippen LogP contribution in [0, 0.1) is 36.9 Å². The minimum atomic E-state index is -0.833. The molecule has 0 aliphatic carbocycles. The normalized spacial score (nSPS) is 3.12. The molecule has 0 aromatic heterocycles. The zero-order chi connectivity index (χ0) is 3.58. The zero-order valence-electron chi connectivity index (χ0n) is 3.75. The van der Waals surface area contributed by atoms with Gasteiger partial charge in [-0.2, -0.15) is 0 Å². The van der Waals surface area contributed by atoms with Crippen LogP contribution in [-0.2, 0) is 4.79 Å². The maximum absolute atomic E-state index is 9.00. The van der Waals surface area contributed by atoms with Gasteiger partial charge in [0.05, 0.1) is 0 Å². The zero-order valence-corrected chi connectivity index (χ0v) is 7.67. The number of hydrogen-bond acceptors (Lipinski definition) is 1. The fourth-order valence-electron chi connectivity index (χ4n) is 0. The average molecular weight is 341 g/mol. The van der Waals surface area contributed by atoms with Crippen LogP contribution in [0.2, 0.25) is 0 Å². The molecule has 6 heteroatoms. The maximum atomic E-state index is 9.00. The Labute approximate surface area is 95.8 Å². The smallest absolute Gasteiger partial charge is 1.00 e. The van der Waals surface area contributed by atoms with Crippen LogP contribution >= 0.6 is 0 Å². The van der Waals surface area contributed by atoms with E-state index >= 15 is 0 Å². The second-order valence-electron chi connectivity index (χ2n) is 0.519. The molecule has 60 valence electrons. The van der Waals surface area contributed by atoms with Crippen LogP contribution in [0.1, 0.15) is 6.92 Å². The van der Waals surface area contributed by atoms with Crippen molar-refractivity contribution >= 4 is 5.97 Å². The molecule has 1 N–H and O–H groups in total. The molecule has 0 radical (unpaired) electrons. The van der Waals surface area contributed by atoms with E-state index in [0.29, 0.717) is 0 Å². The van der Waals surface area contributed by atoms with Crippen LogP contribution in [0.15, 0.2) is 0 Å². The third-order valence-electron chi connectivity index (χ3n) is 0. The third kappa shape index (κ3) is 132. The molecule has 0 atom stereocenters. The summed E-state index contributed by atoms with van der Waals surface area (Å²) in [6.07, 6.45) is 0. The van der Waals surface area contributed by atoms with Crippen molar-refractivity contribution in [3.8, 4) is 0 Å². The topological polar surface area (TPSA) is 37.3 Å². The molecule has 0 saturated carbocycles. The van der Waals surface area contributed by atoms with Gasteiger partial charge >= 0.3 is 36.9 Å². The van der Waals surface area contributed by atoms with E-state index in [4.69, 9.17) is 9.90 Å². The summed E-state index contributed by atoms with van der Waals surface area (Å²) in [5, 5.41) is 7.42.